The summed E-state index contributed by atoms with van der Waals surface area (Å²) in [6.45, 7) is 7.82. The van der Waals surface area contributed by atoms with E-state index in [1.165, 1.54) is 57.9 Å². The van der Waals surface area contributed by atoms with Crippen molar-refractivity contribution in [3.8, 4) is 0 Å². The Morgan fingerprint density at radius 2 is 1.52 bits per heavy atom. The molecule has 0 bridgehead atoms. The van der Waals surface area contributed by atoms with E-state index in [0.29, 0.717) is 0 Å². The van der Waals surface area contributed by atoms with Gasteiger partial charge in [0.15, 0.2) is 0 Å². The van der Waals surface area contributed by atoms with Crippen LogP contribution in [0.1, 0.15) is 71.6 Å². The van der Waals surface area contributed by atoms with Gasteiger partial charge in [0.25, 0.3) is 5.97 Å². The molecule has 4 nitrogen and oxygen atoms in total. The smallest absolute Gasteiger partial charge is 0.330 e. The maximum absolute atomic E-state index is 11.8. The molecule has 0 rings (SSSR count). The van der Waals surface area contributed by atoms with Gasteiger partial charge in [0.2, 0.25) is 8.32 Å². The van der Waals surface area contributed by atoms with Crippen LogP contribution in [0, 0.1) is 0 Å². The van der Waals surface area contributed by atoms with Crippen molar-refractivity contribution in [2.45, 2.75) is 90.8 Å². The fraction of sp³-hybridized carbons (Fsp3) is 0.778. The maximum atomic E-state index is 11.8. The molecule has 0 amide bonds. The molecule has 0 atom stereocenters. The summed E-state index contributed by atoms with van der Waals surface area (Å²) in [5, 5.41) is 8.75. The van der Waals surface area contributed by atoms with Crippen LogP contribution in [-0.2, 0) is 14.0 Å². The number of aliphatic carboxylic acids is 1. The Balaban J connectivity index is 3.85. The van der Waals surface area contributed by atoms with E-state index in [0.717, 1.165) is 12.5 Å². The highest BCUT2D eigenvalue weighted by atomic mass is 28.4. The molecule has 0 aliphatic heterocycles. The van der Waals surface area contributed by atoms with Gasteiger partial charge in [-0.3, -0.25) is 4.79 Å². The minimum absolute atomic E-state index is 0.0476. The van der Waals surface area contributed by atoms with Crippen molar-refractivity contribution >= 4 is 20.3 Å². The van der Waals surface area contributed by atoms with Gasteiger partial charge in [-0.1, -0.05) is 64.4 Å². The molecule has 0 saturated carbocycles. The number of hydrogen-bond donors (Lipinski definition) is 1. The Morgan fingerprint density at radius 3 is 2.04 bits per heavy atom. The van der Waals surface area contributed by atoms with E-state index in [9.17, 15) is 9.59 Å². The number of carboxylic acids is 1. The molecule has 0 heterocycles. The van der Waals surface area contributed by atoms with Crippen LogP contribution in [0.2, 0.25) is 19.1 Å². The monoisotopic (exact) mass is 342 g/mol. The largest absolute Gasteiger partial charge is 0.519 e. The number of hydrogen-bond acceptors (Lipinski definition) is 3. The summed E-state index contributed by atoms with van der Waals surface area (Å²) in [5.74, 6) is -1.30. The van der Waals surface area contributed by atoms with E-state index in [1.54, 1.807) is 0 Å². The van der Waals surface area contributed by atoms with Crippen molar-refractivity contribution in [1.82, 2.24) is 0 Å². The first-order valence-electron chi connectivity index (χ1n) is 8.90. The third-order valence-electron chi connectivity index (χ3n) is 3.93. The van der Waals surface area contributed by atoms with Gasteiger partial charge in [-0.2, -0.15) is 0 Å². The molecule has 0 aromatic rings. The summed E-state index contributed by atoms with van der Waals surface area (Å²) in [4.78, 5) is 22.5. The zero-order valence-corrected chi connectivity index (χ0v) is 16.3. The predicted octanol–water partition coefficient (Wildman–Crippen LogP) is 5.30. The zero-order valence-electron chi connectivity index (χ0n) is 15.3. The number of carbonyl (C=O) groups excluding carboxylic acids is 1. The van der Waals surface area contributed by atoms with Gasteiger partial charge in [0, 0.05) is 5.57 Å². The molecule has 0 aromatic heterocycles. The Morgan fingerprint density at radius 1 is 1.00 bits per heavy atom. The summed E-state index contributed by atoms with van der Waals surface area (Å²) in [6, 6.07) is 0.981. The van der Waals surface area contributed by atoms with Crippen LogP contribution in [0.25, 0.3) is 0 Å². The van der Waals surface area contributed by atoms with Crippen LogP contribution in [0.3, 0.4) is 0 Å². The quantitative estimate of drug-likeness (QED) is 0.280. The lowest BCUT2D eigenvalue weighted by Crippen LogP contribution is -2.33. The molecule has 0 spiro atoms. The average Bonchev–Trinajstić information content (AvgIpc) is 2.46. The van der Waals surface area contributed by atoms with Crippen LogP contribution in [0.4, 0.5) is 0 Å². The normalized spacial score (nSPS) is 12.3. The number of carbonyl (C=O) groups is 2. The van der Waals surface area contributed by atoms with Crippen LogP contribution < -0.4 is 0 Å². The summed E-state index contributed by atoms with van der Waals surface area (Å²) in [7, 11) is -1.97. The molecule has 0 aliphatic carbocycles. The lowest BCUT2D eigenvalue weighted by molar-refractivity contribution is -0.134. The van der Waals surface area contributed by atoms with Gasteiger partial charge in [0.1, 0.15) is 0 Å². The van der Waals surface area contributed by atoms with Crippen molar-refractivity contribution in [1.29, 1.82) is 0 Å². The summed E-state index contributed by atoms with van der Waals surface area (Å²) in [5.41, 5.74) is 0.185. The first-order valence-corrected chi connectivity index (χ1v) is 12.0. The van der Waals surface area contributed by atoms with Crippen LogP contribution in [-0.4, -0.2) is 25.4 Å². The summed E-state index contributed by atoms with van der Waals surface area (Å²) < 4.78 is 5.59. The minimum atomic E-state index is -1.97. The molecule has 0 aromatic carbocycles. The zero-order chi connectivity index (χ0) is 17.7. The molecule has 1 N–H and O–H groups in total. The molecule has 0 saturated heterocycles. The lowest BCUT2D eigenvalue weighted by Gasteiger charge is -2.22. The third-order valence-corrected chi connectivity index (χ3v) is 6.27. The van der Waals surface area contributed by atoms with Gasteiger partial charge in [-0.15, -0.1) is 0 Å². The van der Waals surface area contributed by atoms with Crippen molar-refractivity contribution in [3.63, 3.8) is 0 Å². The van der Waals surface area contributed by atoms with Crippen LogP contribution in [0.5, 0.6) is 0 Å². The third kappa shape index (κ3) is 13.1. The molecule has 0 aliphatic rings. The average molecular weight is 343 g/mol. The minimum Gasteiger partial charge on any atom is -0.519 e. The standard InChI is InChI=1S/C18H34O4Si/c1-5-6-7-8-9-10-11-12-15-23(3,4)22-17(19)14-13-16(2)18(20)21/h13H,5-12,14-15H2,1-4H3,(H,20,21). The highest BCUT2D eigenvalue weighted by Gasteiger charge is 2.25. The Bertz CT molecular complexity index is 388. The number of carboxylic acid groups (broad SMARTS) is 1. The van der Waals surface area contributed by atoms with Gasteiger partial charge < -0.3 is 9.53 Å². The van der Waals surface area contributed by atoms with Crippen molar-refractivity contribution in [3.05, 3.63) is 11.6 Å². The fourth-order valence-electron chi connectivity index (χ4n) is 2.41. The van der Waals surface area contributed by atoms with Gasteiger partial charge in [0.05, 0.1) is 6.42 Å². The fourth-order valence-corrected chi connectivity index (χ4v) is 4.31. The Kier molecular flexibility index (Phi) is 11.7. The molecule has 134 valence electrons. The predicted molar refractivity (Wildman–Crippen MR) is 97.0 cm³/mol. The van der Waals surface area contributed by atoms with Gasteiger partial charge in [-0.25, -0.2) is 4.79 Å². The van der Waals surface area contributed by atoms with Crippen molar-refractivity contribution in [2.75, 3.05) is 0 Å². The van der Waals surface area contributed by atoms with Gasteiger partial charge >= 0.3 is 5.97 Å². The number of unbranched alkanes of at least 4 members (excludes halogenated alkanes) is 7. The molecule has 5 heteroatoms. The molecule has 0 fully saturated rings. The van der Waals surface area contributed by atoms with E-state index in [4.69, 9.17) is 9.53 Å². The molecule has 0 radical (unpaired) electrons. The van der Waals surface area contributed by atoms with E-state index < -0.39 is 14.3 Å². The first kappa shape index (κ1) is 21.9. The highest BCUT2D eigenvalue weighted by Crippen LogP contribution is 2.18. The van der Waals surface area contributed by atoms with Crippen LogP contribution in [0.15, 0.2) is 11.6 Å². The second-order valence-corrected chi connectivity index (χ2v) is 11.1. The van der Waals surface area contributed by atoms with Crippen molar-refractivity contribution < 1.29 is 19.1 Å². The van der Waals surface area contributed by atoms with E-state index >= 15 is 0 Å². The molecular weight excluding hydrogens is 308 g/mol. The lowest BCUT2D eigenvalue weighted by atomic mass is 10.1. The topological polar surface area (TPSA) is 63.6 Å². The van der Waals surface area contributed by atoms with Gasteiger partial charge in [-0.05, 0) is 26.1 Å². The van der Waals surface area contributed by atoms with E-state index in [-0.39, 0.29) is 18.0 Å². The highest BCUT2D eigenvalue weighted by molar-refractivity contribution is 6.72. The Labute approximate surface area is 142 Å². The molecule has 23 heavy (non-hydrogen) atoms. The van der Waals surface area contributed by atoms with E-state index in [2.05, 4.69) is 20.0 Å². The second kappa shape index (κ2) is 12.3. The maximum Gasteiger partial charge on any atom is 0.330 e. The number of rotatable bonds is 13. The first-order chi connectivity index (χ1) is 10.8. The summed E-state index contributed by atoms with van der Waals surface area (Å²) in [6.07, 6.45) is 11.7. The SMILES string of the molecule is CCCCCCCCCC[Si](C)(C)OC(=O)CC=C(C)C(=O)O. The molecular formula is C18H34O4Si. The Hall–Kier alpha value is -1.10. The molecule has 0 unspecified atom stereocenters. The van der Waals surface area contributed by atoms with E-state index in [1.807, 2.05) is 0 Å². The van der Waals surface area contributed by atoms with Crippen molar-refractivity contribution in [2.24, 2.45) is 0 Å². The second-order valence-electron chi connectivity index (χ2n) is 6.86. The summed E-state index contributed by atoms with van der Waals surface area (Å²) >= 11 is 0. The van der Waals surface area contributed by atoms with Crippen LogP contribution >= 0.6 is 0 Å².